The van der Waals surface area contributed by atoms with Crippen LogP contribution >= 0.6 is 0 Å². The van der Waals surface area contributed by atoms with Crippen LogP contribution in [0.25, 0.3) is 11.3 Å². The van der Waals surface area contributed by atoms with Gasteiger partial charge in [-0.05, 0) is 25.2 Å². The second-order valence-electron chi connectivity index (χ2n) is 3.95. The molecule has 1 aromatic heterocycles. The summed E-state index contributed by atoms with van der Waals surface area (Å²) in [4.78, 5) is 11.6. The number of carbonyl (C=O) groups is 1. The molecule has 0 spiro atoms. The number of hydrogen-bond acceptors (Lipinski definition) is 3. The Kier molecular flexibility index (Phi) is 4.09. The molecule has 0 bridgehead atoms. The van der Waals surface area contributed by atoms with E-state index in [-0.39, 0.29) is 5.91 Å². The van der Waals surface area contributed by atoms with Crippen molar-refractivity contribution in [3.63, 3.8) is 0 Å². The average molecular weight is 244 g/mol. The van der Waals surface area contributed by atoms with Crippen molar-refractivity contribution >= 4 is 11.6 Å². The van der Waals surface area contributed by atoms with Gasteiger partial charge in [0.05, 0.1) is 5.69 Å². The summed E-state index contributed by atoms with van der Waals surface area (Å²) in [6.07, 6.45) is 2.16. The largest absolute Gasteiger partial charge is 0.326 e. The van der Waals surface area contributed by atoms with Crippen LogP contribution in [-0.4, -0.2) is 29.7 Å². The average Bonchev–Trinajstić information content (AvgIpc) is 2.90. The van der Waals surface area contributed by atoms with E-state index < -0.39 is 0 Å². The molecule has 2 aromatic rings. The summed E-state index contributed by atoms with van der Waals surface area (Å²) in [5, 5.41) is 12.6. The Morgan fingerprint density at radius 2 is 2.28 bits per heavy atom. The number of nitrogens with one attached hydrogen (secondary N) is 3. The number of amides is 1. The van der Waals surface area contributed by atoms with Crippen molar-refractivity contribution in [1.82, 2.24) is 15.5 Å². The molecule has 0 radical (unpaired) electrons. The van der Waals surface area contributed by atoms with Gasteiger partial charge in [-0.15, -0.1) is 0 Å². The van der Waals surface area contributed by atoms with Crippen LogP contribution in [0.4, 0.5) is 5.69 Å². The van der Waals surface area contributed by atoms with Crippen LogP contribution < -0.4 is 10.6 Å². The highest BCUT2D eigenvalue weighted by atomic mass is 16.1. The molecule has 1 aromatic carbocycles. The lowest BCUT2D eigenvalue weighted by Crippen LogP contribution is -2.18. The summed E-state index contributed by atoms with van der Waals surface area (Å²) in [7, 11) is 1.83. The molecular formula is C13H16N4O. The number of aromatic amines is 1. The van der Waals surface area contributed by atoms with Gasteiger partial charge in [-0.1, -0.05) is 12.1 Å². The van der Waals surface area contributed by atoms with Crippen molar-refractivity contribution in [2.75, 3.05) is 18.9 Å². The van der Waals surface area contributed by atoms with Crippen LogP contribution in [0.15, 0.2) is 36.5 Å². The van der Waals surface area contributed by atoms with Crippen LogP contribution in [-0.2, 0) is 4.79 Å². The maximum Gasteiger partial charge on any atom is 0.225 e. The zero-order valence-corrected chi connectivity index (χ0v) is 10.2. The Morgan fingerprint density at radius 1 is 1.39 bits per heavy atom. The summed E-state index contributed by atoms with van der Waals surface area (Å²) >= 11 is 0. The maximum absolute atomic E-state index is 11.6. The molecule has 0 saturated heterocycles. The molecule has 0 aliphatic carbocycles. The molecule has 0 saturated carbocycles. The normalized spacial score (nSPS) is 10.3. The smallest absolute Gasteiger partial charge is 0.225 e. The zero-order valence-electron chi connectivity index (χ0n) is 10.2. The van der Waals surface area contributed by atoms with Crippen molar-refractivity contribution in [3.05, 3.63) is 36.5 Å². The minimum Gasteiger partial charge on any atom is -0.326 e. The summed E-state index contributed by atoms with van der Waals surface area (Å²) in [6.45, 7) is 0.673. The SMILES string of the molecule is CNCCC(=O)Nc1cccc(-c2ccn[nH]2)c1. The lowest BCUT2D eigenvalue weighted by molar-refractivity contribution is -0.116. The van der Waals surface area contributed by atoms with Gasteiger partial charge < -0.3 is 10.6 Å². The predicted octanol–water partition coefficient (Wildman–Crippen LogP) is 1.62. The molecule has 2 rings (SSSR count). The summed E-state index contributed by atoms with van der Waals surface area (Å²) in [6, 6.07) is 9.56. The van der Waals surface area contributed by atoms with Crippen molar-refractivity contribution in [2.24, 2.45) is 0 Å². The molecule has 1 heterocycles. The van der Waals surface area contributed by atoms with Gasteiger partial charge >= 0.3 is 0 Å². The second kappa shape index (κ2) is 5.97. The fourth-order valence-corrected chi connectivity index (χ4v) is 1.64. The third-order valence-corrected chi connectivity index (χ3v) is 2.56. The van der Waals surface area contributed by atoms with Crippen LogP contribution in [0.5, 0.6) is 0 Å². The molecule has 0 aliphatic rings. The Bertz CT molecular complexity index is 507. The van der Waals surface area contributed by atoms with Crippen molar-refractivity contribution in [2.45, 2.75) is 6.42 Å². The quantitative estimate of drug-likeness (QED) is 0.748. The van der Waals surface area contributed by atoms with E-state index in [0.717, 1.165) is 16.9 Å². The first-order chi connectivity index (χ1) is 8.79. The van der Waals surface area contributed by atoms with Gasteiger partial charge in [-0.25, -0.2) is 0 Å². The molecule has 94 valence electrons. The number of anilines is 1. The Morgan fingerprint density at radius 3 is 3.00 bits per heavy atom. The van der Waals surface area contributed by atoms with Crippen LogP contribution in [0.2, 0.25) is 0 Å². The minimum absolute atomic E-state index is 0.00566. The molecule has 3 N–H and O–H groups in total. The summed E-state index contributed by atoms with van der Waals surface area (Å²) < 4.78 is 0. The minimum atomic E-state index is 0.00566. The van der Waals surface area contributed by atoms with E-state index >= 15 is 0 Å². The van der Waals surface area contributed by atoms with Crippen LogP contribution in [0.1, 0.15) is 6.42 Å². The summed E-state index contributed by atoms with van der Waals surface area (Å²) in [5.74, 6) is 0.00566. The van der Waals surface area contributed by atoms with Gasteiger partial charge in [-0.3, -0.25) is 9.89 Å². The second-order valence-corrected chi connectivity index (χ2v) is 3.95. The first kappa shape index (κ1) is 12.3. The molecule has 18 heavy (non-hydrogen) atoms. The number of carbonyl (C=O) groups excluding carboxylic acids is 1. The molecule has 1 amide bonds. The van der Waals surface area contributed by atoms with Gasteiger partial charge in [-0.2, -0.15) is 5.10 Å². The molecule has 0 unspecified atom stereocenters. The summed E-state index contributed by atoms with van der Waals surface area (Å²) in [5.41, 5.74) is 2.73. The van der Waals surface area contributed by atoms with Gasteiger partial charge in [0.15, 0.2) is 0 Å². The third-order valence-electron chi connectivity index (χ3n) is 2.56. The van der Waals surface area contributed by atoms with E-state index in [4.69, 9.17) is 0 Å². The maximum atomic E-state index is 11.6. The lowest BCUT2D eigenvalue weighted by atomic mass is 10.1. The molecular weight excluding hydrogens is 228 g/mol. The Labute approximate surface area is 106 Å². The third kappa shape index (κ3) is 3.18. The molecule has 5 nitrogen and oxygen atoms in total. The molecule has 5 heteroatoms. The van der Waals surface area contributed by atoms with E-state index in [1.807, 2.05) is 37.4 Å². The lowest BCUT2D eigenvalue weighted by Gasteiger charge is -2.06. The van der Waals surface area contributed by atoms with E-state index in [0.29, 0.717) is 13.0 Å². The van der Waals surface area contributed by atoms with E-state index in [9.17, 15) is 4.79 Å². The van der Waals surface area contributed by atoms with Gasteiger partial charge in [0.25, 0.3) is 0 Å². The zero-order chi connectivity index (χ0) is 12.8. The number of rotatable bonds is 5. The van der Waals surface area contributed by atoms with Crippen molar-refractivity contribution < 1.29 is 4.79 Å². The number of aromatic nitrogens is 2. The van der Waals surface area contributed by atoms with E-state index in [1.54, 1.807) is 6.20 Å². The molecule has 0 aliphatic heterocycles. The first-order valence-corrected chi connectivity index (χ1v) is 5.84. The van der Waals surface area contributed by atoms with Gasteiger partial charge in [0, 0.05) is 30.4 Å². The molecule has 0 atom stereocenters. The van der Waals surface area contributed by atoms with Gasteiger partial charge in [0.2, 0.25) is 5.91 Å². The first-order valence-electron chi connectivity index (χ1n) is 5.84. The Hall–Kier alpha value is -2.14. The highest BCUT2D eigenvalue weighted by Crippen LogP contribution is 2.20. The van der Waals surface area contributed by atoms with Gasteiger partial charge in [0.1, 0.15) is 0 Å². The van der Waals surface area contributed by atoms with Crippen molar-refractivity contribution in [1.29, 1.82) is 0 Å². The van der Waals surface area contributed by atoms with Crippen molar-refractivity contribution in [3.8, 4) is 11.3 Å². The number of hydrogen-bond donors (Lipinski definition) is 3. The number of nitrogens with zero attached hydrogens (tertiary/aromatic N) is 1. The van der Waals surface area contributed by atoms with Crippen LogP contribution in [0.3, 0.4) is 0 Å². The standard InChI is InChI=1S/C13H16N4O/c1-14-7-6-13(18)16-11-4-2-3-10(9-11)12-5-8-15-17-12/h2-5,8-9,14H,6-7H2,1H3,(H,15,17)(H,16,18). The topological polar surface area (TPSA) is 69.8 Å². The Balaban J connectivity index is 2.06. The monoisotopic (exact) mass is 244 g/mol. The predicted molar refractivity (Wildman–Crippen MR) is 71.2 cm³/mol. The number of benzene rings is 1. The highest BCUT2D eigenvalue weighted by molar-refractivity contribution is 5.91. The molecule has 0 fully saturated rings. The fraction of sp³-hybridized carbons (Fsp3) is 0.231. The van der Waals surface area contributed by atoms with E-state index in [2.05, 4.69) is 20.8 Å². The van der Waals surface area contributed by atoms with E-state index in [1.165, 1.54) is 0 Å². The fourth-order valence-electron chi connectivity index (χ4n) is 1.64. The highest BCUT2D eigenvalue weighted by Gasteiger charge is 2.03. The van der Waals surface area contributed by atoms with Crippen LogP contribution in [0, 0.1) is 0 Å². The number of H-pyrrole nitrogens is 1.